The van der Waals surface area contributed by atoms with Gasteiger partial charge in [0, 0.05) is 5.56 Å². The zero-order valence-electron chi connectivity index (χ0n) is 19.5. The lowest BCUT2D eigenvalue weighted by atomic mass is 10.0. The van der Waals surface area contributed by atoms with Crippen molar-refractivity contribution in [3.63, 3.8) is 0 Å². The lowest BCUT2D eigenvalue weighted by Crippen LogP contribution is -2.06. The third kappa shape index (κ3) is 5.62. The Balaban J connectivity index is 1.39. The van der Waals surface area contributed by atoms with Gasteiger partial charge in [0.25, 0.3) is 0 Å². The van der Waals surface area contributed by atoms with Crippen molar-refractivity contribution >= 4 is 0 Å². The first-order valence-corrected chi connectivity index (χ1v) is 12.0. The Kier molecular flexibility index (Phi) is 7.77. The highest BCUT2D eigenvalue weighted by atomic mass is 19.2. The van der Waals surface area contributed by atoms with Crippen LogP contribution in [0.15, 0.2) is 60.7 Å². The molecule has 2 atom stereocenters. The van der Waals surface area contributed by atoms with Gasteiger partial charge in [-0.25, -0.2) is 4.39 Å². The van der Waals surface area contributed by atoms with Crippen molar-refractivity contribution in [1.29, 1.82) is 0 Å². The molecular formula is C29H32F2O2. The highest BCUT2D eigenvalue weighted by Crippen LogP contribution is 2.35. The summed E-state index contributed by atoms with van der Waals surface area (Å²) >= 11 is 0. The molecule has 0 bridgehead atoms. The van der Waals surface area contributed by atoms with E-state index in [1.165, 1.54) is 11.6 Å². The summed E-state index contributed by atoms with van der Waals surface area (Å²) in [6.07, 6.45) is 6.91. The molecule has 1 aliphatic rings. The minimum atomic E-state index is -0.955. The average molecular weight is 451 g/mol. The molecule has 0 aromatic heterocycles. The summed E-state index contributed by atoms with van der Waals surface area (Å²) in [5, 5.41) is 0. The SMILES string of the molecule is CCCc1ccc(-c2ccc(OCc3ccc(C4CCC(CCC)O4)cc3)c(F)c2F)cc1. The molecular weight excluding hydrogens is 418 g/mol. The molecule has 0 amide bonds. The van der Waals surface area contributed by atoms with E-state index in [-0.39, 0.29) is 24.0 Å². The van der Waals surface area contributed by atoms with Crippen LogP contribution in [0.2, 0.25) is 0 Å². The zero-order chi connectivity index (χ0) is 23.2. The van der Waals surface area contributed by atoms with E-state index in [1.807, 2.05) is 48.5 Å². The molecule has 0 aliphatic carbocycles. The number of ether oxygens (including phenoxy) is 2. The van der Waals surface area contributed by atoms with Gasteiger partial charge in [0.1, 0.15) is 6.61 Å². The maximum atomic E-state index is 14.8. The smallest absolute Gasteiger partial charge is 0.201 e. The second-order valence-corrected chi connectivity index (χ2v) is 8.83. The normalized spacial score (nSPS) is 17.9. The Hall–Kier alpha value is -2.72. The van der Waals surface area contributed by atoms with Gasteiger partial charge in [0.05, 0.1) is 12.2 Å². The van der Waals surface area contributed by atoms with Gasteiger partial charge in [0.2, 0.25) is 5.82 Å². The number of aryl methyl sites for hydroxylation is 1. The molecule has 1 heterocycles. The molecule has 2 nitrogen and oxygen atoms in total. The monoisotopic (exact) mass is 450 g/mol. The Bertz CT molecular complexity index is 1040. The summed E-state index contributed by atoms with van der Waals surface area (Å²) in [6.45, 7) is 4.47. The quantitative estimate of drug-likeness (QED) is 0.327. The molecule has 2 unspecified atom stereocenters. The lowest BCUT2D eigenvalue weighted by molar-refractivity contribution is 0.0396. The van der Waals surface area contributed by atoms with E-state index >= 15 is 0 Å². The zero-order valence-corrected chi connectivity index (χ0v) is 19.5. The standard InChI is InChI=1S/C29H32F2O2/c1-3-5-20-7-11-22(12-8-20)25-16-18-27(29(31)28(25)30)32-19-21-9-13-23(14-10-21)26-17-15-24(33-26)6-4-2/h7-14,16,18,24,26H,3-6,15,17,19H2,1-2H3. The summed E-state index contributed by atoms with van der Waals surface area (Å²) in [5.74, 6) is -1.92. The molecule has 0 radical (unpaired) electrons. The van der Waals surface area contributed by atoms with Crippen LogP contribution in [-0.2, 0) is 17.8 Å². The van der Waals surface area contributed by atoms with E-state index in [0.717, 1.165) is 49.7 Å². The second kappa shape index (κ2) is 10.9. The summed E-state index contributed by atoms with van der Waals surface area (Å²) in [4.78, 5) is 0. The van der Waals surface area contributed by atoms with Crippen molar-refractivity contribution in [3.8, 4) is 16.9 Å². The number of rotatable bonds is 9. The molecule has 1 aliphatic heterocycles. The fourth-order valence-electron chi connectivity index (χ4n) is 4.48. The van der Waals surface area contributed by atoms with Crippen molar-refractivity contribution in [2.75, 3.05) is 0 Å². The maximum Gasteiger partial charge on any atom is 0.201 e. The van der Waals surface area contributed by atoms with E-state index < -0.39 is 11.6 Å². The van der Waals surface area contributed by atoms with Gasteiger partial charge < -0.3 is 9.47 Å². The van der Waals surface area contributed by atoms with Crippen molar-refractivity contribution < 1.29 is 18.3 Å². The average Bonchev–Trinajstić information content (AvgIpc) is 3.30. The van der Waals surface area contributed by atoms with Crippen LogP contribution in [0.3, 0.4) is 0 Å². The first kappa shape index (κ1) is 23.4. The van der Waals surface area contributed by atoms with Crippen molar-refractivity contribution in [1.82, 2.24) is 0 Å². The van der Waals surface area contributed by atoms with E-state index in [1.54, 1.807) is 6.07 Å². The Morgan fingerprint density at radius 3 is 2.24 bits per heavy atom. The number of hydrogen-bond acceptors (Lipinski definition) is 2. The van der Waals surface area contributed by atoms with E-state index in [0.29, 0.717) is 11.7 Å². The Morgan fingerprint density at radius 1 is 0.818 bits per heavy atom. The second-order valence-electron chi connectivity index (χ2n) is 8.83. The third-order valence-electron chi connectivity index (χ3n) is 6.31. The molecule has 1 fully saturated rings. The van der Waals surface area contributed by atoms with Crippen LogP contribution in [0.5, 0.6) is 5.75 Å². The summed E-state index contributed by atoms with van der Waals surface area (Å²) in [6, 6.07) is 18.7. The van der Waals surface area contributed by atoms with Gasteiger partial charge in [-0.2, -0.15) is 4.39 Å². The van der Waals surface area contributed by atoms with Crippen molar-refractivity contribution in [2.45, 2.75) is 71.2 Å². The molecule has 3 aromatic carbocycles. The van der Waals surface area contributed by atoms with E-state index in [4.69, 9.17) is 9.47 Å². The molecule has 0 N–H and O–H groups in total. The van der Waals surface area contributed by atoms with Crippen molar-refractivity contribution in [3.05, 3.63) is 89.0 Å². The predicted octanol–water partition coefficient (Wildman–Crippen LogP) is 8.18. The maximum absolute atomic E-state index is 14.8. The van der Waals surface area contributed by atoms with E-state index in [2.05, 4.69) is 13.8 Å². The van der Waals surface area contributed by atoms with Gasteiger partial charge in [0.15, 0.2) is 11.6 Å². The molecule has 3 aromatic rings. The first-order chi connectivity index (χ1) is 16.1. The van der Waals surface area contributed by atoms with Gasteiger partial charge >= 0.3 is 0 Å². The molecule has 174 valence electrons. The topological polar surface area (TPSA) is 18.5 Å². The Labute approximate surface area is 195 Å². The first-order valence-electron chi connectivity index (χ1n) is 12.0. The van der Waals surface area contributed by atoms with Crippen LogP contribution in [0.1, 0.15) is 68.7 Å². The summed E-state index contributed by atoms with van der Waals surface area (Å²) in [7, 11) is 0. The van der Waals surface area contributed by atoms with Crippen LogP contribution in [0.4, 0.5) is 8.78 Å². The largest absolute Gasteiger partial charge is 0.486 e. The van der Waals surface area contributed by atoms with Crippen LogP contribution in [-0.4, -0.2) is 6.10 Å². The highest BCUT2D eigenvalue weighted by molar-refractivity contribution is 5.65. The van der Waals surface area contributed by atoms with Crippen molar-refractivity contribution in [2.24, 2.45) is 0 Å². The molecule has 1 saturated heterocycles. The summed E-state index contributed by atoms with van der Waals surface area (Å²) in [5.41, 5.74) is 4.14. The predicted molar refractivity (Wildman–Crippen MR) is 128 cm³/mol. The number of benzene rings is 3. The lowest BCUT2D eigenvalue weighted by Gasteiger charge is -2.14. The van der Waals surface area contributed by atoms with Gasteiger partial charge in [-0.3, -0.25) is 0 Å². The van der Waals surface area contributed by atoms with Crippen LogP contribution >= 0.6 is 0 Å². The molecule has 4 heteroatoms. The fourth-order valence-corrected chi connectivity index (χ4v) is 4.48. The highest BCUT2D eigenvalue weighted by Gasteiger charge is 2.25. The minimum Gasteiger partial charge on any atom is -0.486 e. The van der Waals surface area contributed by atoms with Crippen LogP contribution in [0.25, 0.3) is 11.1 Å². The van der Waals surface area contributed by atoms with E-state index in [9.17, 15) is 8.78 Å². The number of hydrogen-bond donors (Lipinski definition) is 0. The number of halogens is 2. The fraction of sp³-hybridized carbons (Fsp3) is 0.379. The van der Waals surface area contributed by atoms with Crippen LogP contribution < -0.4 is 4.74 Å². The molecule has 0 saturated carbocycles. The molecule has 33 heavy (non-hydrogen) atoms. The third-order valence-corrected chi connectivity index (χ3v) is 6.31. The summed E-state index contributed by atoms with van der Waals surface area (Å²) < 4.78 is 41.2. The van der Waals surface area contributed by atoms with Gasteiger partial charge in [-0.1, -0.05) is 75.2 Å². The van der Waals surface area contributed by atoms with Gasteiger partial charge in [-0.15, -0.1) is 0 Å². The molecule has 4 rings (SSSR count). The van der Waals surface area contributed by atoms with Crippen LogP contribution in [0, 0.1) is 11.6 Å². The molecule has 0 spiro atoms. The van der Waals surface area contributed by atoms with Gasteiger partial charge in [-0.05, 0) is 60.1 Å². The minimum absolute atomic E-state index is 0.0792. The Morgan fingerprint density at radius 2 is 1.55 bits per heavy atom.